The van der Waals surface area contributed by atoms with E-state index in [2.05, 4.69) is 0 Å². The number of halogens is 1. The van der Waals surface area contributed by atoms with Crippen molar-refractivity contribution in [2.45, 2.75) is 26.7 Å². The third kappa shape index (κ3) is 3.69. The van der Waals surface area contributed by atoms with E-state index in [1.807, 2.05) is 18.7 Å². The van der Waals surface area contributed by atoms with Gasteiger partial charge in [0, 0.05) is 24.8 Å². The minimum absolute atomic E-state index is 0.197. The van der Waals surface area contributed by atoms with Crippen LogP contribution in [0.1, 0.15) is 26.7 Å². The lowest BCUT2D eigenvalue weighted by Gasteiger charge is -2.23. The van der Waals surface area contributed by atoms with Gasteiger partial charge in [0.2, 0.25) is 0 Å². The van der Waals surface area contributed by atoms with E-state index in [4.69, 9.17) is 0 Å². The maximum Gasteiger partial charge on any atom is 0.274 e. The summed E-state index contributed by atoms with van der Waals surface area (Å²) in [5, 5.41) is 10.7. The Bertz CT molecular complexity index is 390. The predicted octanol–water partition coefficient (Wildman–Crippen LogP) is 3.36. The summed E-state index contributed by atoms with van der Waals surface area (Å²) in [4.78, 5) is 12.1. The number of rotatable bonds is 6. The maximum absolute atomic E-state index is 13.3. The lowest BCUT2D eigenvalue weighted by molar-refractivity contribution is -0.385. The number of anilines is 1. The molecule has 0 radical (unpaired) electrons. The van der Waals surface area contributed by atoms with E-state index < -0.39 is 10.7 Å². The molecule has 0 aliphatic heterocycles. The van der Waals surface area contributed by atoms with Crippen LogP contribution in [0.4, 0.5) is 15.8 Å². The van der Waals surface area contributed by atoms with Gasteiger partial charge in [-0.1, -0.05) is 13.8 Å². The van der Waals surface area contributed by atoms with Crippen LogP contribution >= 0.6 is 0 Å². The number of nitrogens with zero attached hydrogens (tertiary/aromatic N) is 2. The molecule has 5 heteroatoms. The molecule has 17 heavy (non-hydrogen) atoms. The Morgan fingerprint density at radius 2 is 1.82 bits per heavy atom. The van der Waals surface area contributed by atoms with E-state index in [0.717, 1.165) is 32.0 Å². The SMILES string of the molecule is CCCN(CCC)c1cc(F)cc([N+](=O)[O-])c1. The molecule has 0 spiro atoms. The van der Waals surface area contributed by atoms with Gasteiger partial charge in [0.25, 0.3) is 5.69 Å². The minimum Gasteiger partial charge on any atom is -0.371 e. The zero-order chi connectivity index (χ0) is 12.8. The van der Waals surface area contributed by atoms with Crippen LogP contribution in [0.5, 0.6) is 0 Å². The number of benzene rings is 1. The van der Waals surface area contributed by atoms with Crippen molar-refractivity contribution in [1.82, 2.24) is 0 Å². The largest absolute Gasteiger partial charge is 0.371 e. The molecule has 0 N–H and O–H groups in total. The number of non-ortho nitro benzene ring substituents is 1. The van der Waals surface area contributed by atoms with E-state index in [1.54, 1.807) is 0 Å². The molecule has 0 aliphatic carbocycles. The maximum atomic E-state index is 13.3. The van der Waals surface area contributed by atoms with Gasteiger partial charge in [-0.15, -0.1) is 0 Å². The number of hydrogen-bond donors (Lipinski definition) is 0. The molecule has 0 bridgehead atoms. The molecule has 1 rings (SSSR count). The molecule has 4 nitrogen and oxygen atoms in total. The summed E-state index contributed by atoms with van der Waals surface area (Å²) < 4.78 is 13.3. The van der Waals surface area contributed by atoms with Crippen molar-refractivity contribution in [1.29, 1.82) is 0 Å². The molecule has 0 amide bonds. The van der Waals surface area contributed by atoms with Gasteiger partial charge >= 0.3 is 0 Å². The van der Waals surface area contributed by atoms with Crippen molar-refractivity contribution in [3.05, 3.63) is 34.1 Å². The van der Waals surface area contributed by atoms with Gasteiger partial charge in [-0.05, 0) is 18.9 Å². The van der Waals surface area contributed by atoms with E-state index in [9.17, 15) is 14.5 Å². The molecular weight excluding hydrogens is 223 g/mol. The Kier molecular flexibility index (Phi) is 4.87. The summed E-state index contributed by atoms with van der Waals surface area (Å²) in [6, 6.07) is 3.71. The summed E-state index contributed by atoms with van der Waals surface area (Å²) >= 11 is 0. The van der Waals surface area contributed by atoms with E-state index >= 15 is 0 Å². The highest BCUT2D eigenvalue weighted by Crippen LogP contribution is 2.23. The molecule has 0 aliphatic rings. The van der Waals surface area contributed by atoms with Crippen LogP contribution in [0.25, 0.3) is 0 Å². The summed E-state index contributed by atoms with van der Waals surface area (Å²) in [6.45, 7) is 5.59. The lowest BCUT2D eigenvalue weighted by Crippen LogP contribution is -2.25. The molecule has 0 unspecified atom stereocenters. The highest BCUT2D eigenvalue weighted by Gasteiger charge is 2.13. The molecule has 0 saturated carbocycles. The third-order valence-corrected chi connectivity index (χ3v) is 2.43. The van der Waals surface area contributed by atoms with Gasteiger partial charge in [-0.2, -0.15) is 0 Å². The molecule has 1 aromatic rings. The van der Waals surface area contributed by atoms with Crippen LogP contribution in [0.2, 0.25) is 0 Å². The minimum atomic E-state index is -0.567. The highest BCUT2D eigenvalue weighted by molar-refractivity contribution is 5.53. The molecule has 0 fully saturated rings. The molecule has 94 valence electrons. The summed E-state index contributed by atoms with van der Waals surface area (Å²) in [7, 11) is 0. The first-order valence-corrected chi connectivity index (χ1v) is 5.78. The van der Waals surface area contributed by atoms with Crippen LogP contribution in [0, 0.1) is 15.9 Å². The quantitative estimate of drug-likeness (QED) is 0.565. The van der Waals surface area contributed by atoms with Gasteiger partial charge in [0.15, 0.2) is 0 Å². The van der Waals surface area contributed by atoms with Crippen LogP contribution in [-0.4, -0.2) is 18.0 Å². The summed E-state index contributed by atoms with van der Waals surface area (Å²) in [5.74, 6) is -0.564. The van der Waals surface area contributed by atoms with Gasteiger partial charge < -0.3 is 4.90 Å². The summed E-state index contributed by atoms with van der Waals surface area (Å²) in [5.41, 5.74) is 0.387. The second kappa shape index (κ2) is 6.18. The van der Waals surface area contributed by atoms with E-state index in [0.29, 0.717) is 5.69 Å². The van der Waals surface area contributed by atoms with Crippen LogP contribution in [-0.2, 0) is 0 Å². The van der Waals surface area contributed by atoms with Crippen molar-refractivity contribution >= 4 is 11.4 Å². The Morgan fingerprint density at radius 1 is 1.24 bits per heavy atom. The molecule has 0 atom stereocenters. The Hall–Kier alpha value is -1.65. The first-order chi connectivity index (χ1) is 8.08. The van der Waals surface area contributed by atoms with Gasteiger partial charge in [-0.25, -0.2) is 4.39 Å². The highest BCUT2D eigenvalue weighted by atomic mass is 19.1. The monoisotopic (exact) mass is 240 g/mol. The second-order valence-corrected chi connectivity index (χ2v) is 3.91. The lowest BCUT2D eigenvalue weighted by atomic mass is 10.2. The van der Waals surface area contributed by atoms with Crippen molar-refractivity contribution in [3.63, 3.8) is 0 Å². The molecule has 0 saturated heterocycles. The standard InChI is InChI=1S/C12H17FN2O2/c1-3-5-14(6-4-2)11-7-10(13)8-12(9-11)15(16)17/h7-9H,3-6H2,1-2H3. The fourth-order valence-corrected chi connectivity index (χ4v) is 1.76. The predicted molar refractivity (Wildman–Crippen MR) is 65.8 cm³/mol. The van der Waals surface area contributed by atoms with Crippen molar-refractivity contribution < 1.29 is 9.31 Å². The Balaban J connectivity index is 3.04. The fraction of sp³-hybridized carbons (Fsp3) is 0.500. The number of hydrogen-bond acceptors (Lipinski definition) is 3. The zero-order valence-electron chi connectivity index (χ0n) is 10.1. The van der Waals surface area contributed by atoms with Gasteiger partial charge in [0.1, 0.15) is 5.82 Å². The van der Waals surface area contributed by atoms with Crippen LogP contribution in [0.3, 0.4) is 0 Å². The second-order valence-electron chi connectivity index (χ2n) is 3.91. The van der Waals surface area contributed by atoms with Crippen molar-refractivity contribution in [2.75, 3.05) is 18.0 Å². The summed E-state index contributed by atoms with van der Waals surface area (Å²) in [6.07, 6.45) is 1.84. The van der Waals surface area contributed by atoms with Crippen molar-refractivity contribution in [2.24, 2.45) is 0 Å². The Labute approximate surface area is 100 Å². The van der Waals surface area contributed by atoms with Gasteiger partial charge in [-0.3, -0.25) is 10.1 Å². The Morgan fingerprint density at radius 3 is 2.29 bits per heavy atom. The van der Waals surface area contributed by atoms with Crippen LogP contribution < -0.4 is 4.90 Å². The van der Waals surface area contributed by atoms with Crippen molar-refractivity contribution in [3.8, 4) is 0 Å². The molecular formula is C12H17FN2O2. The average Bonchev–Trinajstić information content (AvgIpc) is 2.28. The average molecular weight is 240 g/mol. The third-order valence-electron chi connectivity index (χ3n) is 2.43. The smallest absolute Gasteiger partial charge is 0.274 e. The van der Waals surface area contributed by atoms with E-state index in [-0.39, 0.29) is 5.69 Å². The van der Waals surface area contributed by atoms with E-state index in [1.165, 1.54) is 12.1 Å². The van der Waals surface area contributed by atoms with Gasteiger partial charge in [0.05, 0.1) is 11.0 Å². The first-order valence-electron chi connectivity index (χ1n) is 5.78. The number of nitro groups is 1. The fourth-order valence-electron chi connectivity index (χ4n) is 1.76. The normalized spacial score (nSPS) is 10.3. The zero-order valence-corrected chi connectivity index (χ0v) is 10.1. The number of nitro benzene ring substituents is 1. The molecule has 1 aromatic carbocycles. The first kappa shape index (κ1) is 13.4. The topological polar surface area (TPSA) is 46.4 Å². The molecule has 0 heterocycles. The van der Waals surface area contributed by atoms with Crippen LogP contribution in [0.15, 0.2) is 18.2 Å². The molecule has 0 aromatic heterocycles.